The van der Waals surface area contributed by atoms with Crippen molar-refractivity contribution in [2.75, 3.05) is 26.7 Å². The lowest BCUT2D eigenvalue weighted by molar-refractivity contribution is -0.134. The molecule has 0 radical (unpaired) electrons. The Kier molecular flexibility index (Phi) is 6.52. The van der Waals surface area contributed by atoms with Crippen LogP contribution in [-0.2, 0) is 16.0 Å². The number of nitrogens with one attached hydrogen (secondary N) is 2. The van der Waals surface area contributed by atoms with E-state index in [0.29, 0.717) is 19.5 Å². The highest BCUT2D eigenvalue weighted by atomic mass is 16.5. The van der Waals surface area contributed by atoms with Crippen LogP contribution in [0.25, 0.3) is 10.8 Å². The number of rotatable bonds is 7. The minimum atomic E-state index is -0.402. The van der Waals surface area contributed by atoms with E-state index in [4.69, 9.17) is 4.74 Å². The van der Waals surface area contributed by atoms with Crippen LogP contribution in [0.1, 0.15) is 25.8 Å². The van der Waals surface area contributed by atoms with Crippen molar-refractivity contribution in [2.24, 2.45) is 0 Å². The number of hydrogen-bond donors (Lipinski definition) is 2. The maximum Gasteiger partial charge on any atom is 0.237 e. The van der Waals surface area contributed by atoms with E-state index in [0.717, 1.165) is 28.6 Å². The van der Waals surface area contributed by atoms with Crippen molar-refractivity contribution in [3.63, 3.8) is 0 Å². The van der Waals surface area contributed by atoms with Gasteiger partial charge in [-0.2, -0.15) is 0 Å². The number of amides is 2. The molecule has 0 unspecified atom stereocenters. The second-order valence-electron chi connectivity index (χ2n) is 7.41. The van der Waals surface area contributed by atoms with Gasteiger partial charge in [-0.15, -0.1) is 0 Å². The SMILES string of the molecule is COc1ccc2ccccc2c1CCNC(=O)C[C@H]1C(=O)NCCN1C(C)C. The molecule has 1 heterocycles. The van der Waals surface area contributed by atoms with Gasteiger partial charge < -0.3 is 15.4 Å². The normalized spacial score (nSPS) is 17.6. The van der Waals surface area contributed by atoms with E-state index in [1.165, 1.54) is 0 Å². The van der Waals surface area contributed by atoms with E-state index in [9.17, 15) is 9.59 Å². The molecule has 2 N–H and O–H groups in total. The summed E-state index contributed by atoms with van der Waals surface area (Å²) in [6.45, 7) is 6.01. The van der Waals surface area contributed by atoms with Crippen molar-refractivity contribution in [3.8, 4) is 5.75 Å². The molecule has 2 aromatic carbocycles. The van der Waals surface area contributed by atoms with E-state index in [2.05, 4.69) is 41.5 Å². The monoisotopic (exact) mass is 383 g/mol. The number of carbonyl (C=O) groups excluding carboxylic acids is 2. The lowest BCUT2D eigenvalue weighted by Crippen LogP contribution is -2.58. The predicted molar refractivity (Wildman–Crippen MR) is 110 cm³/mol. The van der Waals surface area contributed by atoms with Crippen LogP contribution in [-0.4, -0.2) is 55.5 Å². The summed E-state index contributed by atoms with van der Waals surface area (Å²) in [6, 6.07) is 12.0. The van der Waals surface area contributed by atoms with Gasteiger partial charge in [0.05, 0.1) is 19.6 Å². The standard InChI is InChI=1S/C22H29N3O3/c1-15(2)25-13-12-24-22(27)19(25)14-21(26)23-11-10-18-17-7-5-4-6-16(17)8-9-20(18)28-3/h4-9,15,19H,10-14H2,1-3H3,(H,23,26)(H,24,27)/t19-/m0/s1. The Bertz CT molecular complexity index is 850. The molecule has 6 nitrogen and oxygen atoms in total. The highest BCUT2D eigenvalue weighted by Crippen LogP contribution is 2.28. The number of ether oxygens (including phenoxy) is 1. The fraction of sp³-hybridized carbons (Fsp3) is 0.455. The van der Waals surface area contributed by atoms with Gasteiger partial charge in [0, 0.05) is 31.2 Å². The molecule has 1 saturated heterocycles. The van der Waals surface area contributed by atoms with Crippen molar-refractivity contribution >= 4 is 22.6 Å². The van der Waals surface area contributed by atoms with Crippen LogP contribution in [0, 0.1) is 0 Å². The zero-order valence-electron chi connectivity index (χ0n) is 16.8. The maximum absolute atomic E-state index is 12.5. The number of nitrogens with zero attached hydrogens (tertiary/aromatic N) is 1. The summed E-state index contributed by atoms with van der Waals surface area (Å²) in [4.78, 5) is 26.8. The van der Waals surface area contributed by atoms with Gasteiger partial charge in [0.1, 0.15) is 5.75 Å². The van der Waals surface area contributed by atoms with Gasteiger partial charge in [0.25, 0.3) is 0 Å². The smallest absolute Gasteiger partial charge is 0.237 e. The van der Waals surface area contributed by atoms with E-state index < -0.39 is 6.04 Å². The number of methoxy groups -OCH3 is 1. The third-order valence-corrected chi connectivity index (χ3v) is 5.33. The third kappa shape index (κ3) is 4.44. The van der Waals surface area contributed by atoms with Crippen LogP contribution < -0.4 is 15.4 Å². The van der Waals surface area contributed by atoms with Crippen LogP contribution in [0.3, 0.4) is 0 Å². The number of piperazine rings is 1. The van der Waals surface area contributed by atoms with Crippen LogP contribution in [0.4, 0.5) is 0 Å². The third-order valence-electron chi connectivity index (χ3n) is 5.33. The molecule has 0 spiro atoms. The summed E-state index contributed by atoms with van der Waals surface area (Å²) in [6.07, 6.45) is 0.845. The van der Waals surface area contributed by atoms with Gasteiger partial charge in [0.15, 0.2) is 0 Å². The summed E-state index contributed by atoms with van der Waals surface area (Å²) < 4.78 is 5.51. The number of benzene rings is 2. The number of fused-ring (bicyclic) bond motifs is 1. The van der Waals surface area contributed by atoms with Crippen LogP contribution in [0.5, 0.6) is 5.75 Å². The molecule has 0 aromatic heterocycles. The van der Waals surface area contributed by atoms with Gasteiger partial charge in [-0.05, 0) is 37.1 Å². The lowest BCUT2D eigenvalue weighted by atomic mass is 10.0. The van der Waals surface area contributed by atoms with Gasteiger partial charge in [-0.25, -0.2) is 0 Å². The van der Waals surface area contributed by atoms with Gasteiger partial charge in [-0.1, -0.05) is 30.3 Å². The van der Waals surface area contributed by atoms with Gasteiger partial charge >= 0.3 is 0 Å². The molecule has 0 aliphatic carbocycles. The van der Waals surface area contributed by atoms with Crippen LogP contribution in [0.15, 0.2) is 36.4 Å². The topological polar surface area (TPSA) is 70.7 Å². The highest BCUT2D eigenvalue weighted by molar-refractivity contribution is 5.89. The van der Waals surface area contributed by atoms with Crippen molar-refractivity contribution in [1.29, 1.82) is 0 Å². The Morgan fingerprint density at radius 1 is 1.29 bits per heavy atom. The quantitative estimate of drug-likeness (QED) is 0.768. The van der Waals surface area contributed by atoms with Crippen LogP contribution >= 0.6 is 0 Å². The van der Waals surface area contributed by atoms with E-state index in [1.807, 2.05) is 24.3 Å². The van der Waals surface area contributed by atoms with Gasteiger partial charge in [0.2, 0.25) is 11.8 Å². The summed E-state index contributed by atoms with van der Waals surface area (Å²) in [5.74, 6) is 0.656. The first-order chi connectivity index (χ1) is 13.5. The first-order valence-electron chi connectivity index (χ1n) is 9.86. The maximum atomic E-state index is 12.5. The fourth-order valence-electron chi connectivity index (χ4n) is 3.90. The zero-order chi connectivity index (χ0) is 20.1. The molecule has 1 fully saturated rings. The Labute approximate surface area is 166 Å². The van der Waals surface area contributed by atoms with Crippen molar-refractivity contribution in [3.05, 3.63) is 42.0 Å². The van der Waals surface area contributed by atoms with Crippen molar-refractivity contribution in [2.45, 2.75) is 38.8 Å². The molecule has 150 valence electrons. The molecule has 28 heavy (non-hydrogen) atoms. The van der Waals surface area contributed by atoms with E-state index >= 15 is 0 Å². The molecule has 1 atom stereocenters. The van der Waals surface area contributed by atoms with Crippen LogP contribution in [0.2, 0.25) is 0 Å². The molecule has 0 bridgehead atoms. The van der Waals surface area contributed by atoms with Crippen molar-refractivity contribution < 1.29 is 14.3 Å². The first kappa shape index (κ1) is 20.1. The molecular weight excluding hydrogens is 354 g/mol. The molecule has 1 aliphatic rings. The minimum Gasteiger partial charge on any atom is -0.496 e. The average Bonchev–Trinajstić information content (AvgIpc) is 2.69. The zero-order valence-corrected chi connectivity index (χ0v) is 16.8. The predicted octanol–water partition coefficient (Wildman–Crippen LogP) is 2.11. The average molecular weight is 383 g/mol. The molecular formula is C22H29N3O3. The fourth-order valence-corrected chi connectivity index (χ4v) is 3.90. The summed E-state index contributed by atoms with van der Waals surface area (Å²) >= 11 is 0. The highest BCUT2D eigenvalue weighted by Gasteiger charge is 2.32. The Hall–Kier alpha value is -2.60. The summed E-state index contributed by atoms with van der Waals surface area (Å²) in [5, 5.41) is 8.12. The van der Waals surface area contributed by atoms with Gasteiger partial charge in [-0.3, -0.25) is 14.5 Å². The molecule has 0 saturated carbocycles. The summed E-state index contributed by atoms with van der Waals surface area (Å²) in [7, 11) is 1.66. The Morgan fingerprint density at radius 2 is 2.07 bits per heavy atom. The van der Waals surface area contributed by atoms with E-state index in [1.54, 1.807) is 7.11 Å². The molecule has 1 aliphatic heterocycles. The Morgan fingerprint density at radius 3 is 2.82 bits per heavy atom. The second-order valence-corrected chi connectivity index (χ2v) is 7.41. The first-order valence-corrected chi connectivity index (χ1v) is 9.86. The molecule has 3 rings (SSSR count). The molecule has 2 aromatic rings. The second kappa shape index (κ2) is 9.06. The number of carbonyl (C=O) groups is 2. The largest absolute Gasteiger partial charge is 0.496 e. The van der Waals surface area contributed by atoms with E-state index in [-0.39, 0.29) is 24.3 Å². The minimum absolute atomic E-state index is 0.0641. The molecule has 2 amide bonds. The van der Waals surface area contributed by atoms with Crippen molar-refractivity contribution in [1.82, 2.24) is 15.5 Å². The lowest BCUT2D eigenvalue weighted by Gasteiger charge is -2.37. The molecule has 6 heteroatoms. The number of hydrogen-bond acceptors (Lipinski definition) is 4. The summed E-state index contributed by atoms with van der Waals surface area (Å²) in [5.41, 5.74) is 1.08. The Balaban J connectivity index is 1.63.